The molecule has 2 rings (SSSR count). The summed E-state index contributed by atoms with van der Waals surface area (Å²) in [6, 6.07) is 4.66. The molecule has 0 saturated carbocycles. The van der Waals surface area contributed by atoms with E-state index in [2.05, 4.69) is 9.71 Å². The zero-order chi connectivity index (χ0) is 17.0. The number of aromatic nitrogens is 1. The lowest BCUT2D eigenvalue weighted by atomic mass is 10.2. The van der Waals surface area contributed by atoms with Crippen molar-refractivity contribution >= 4 is 44.1 Å². The molecule has 0 fully saturated rings. The molecule has 1 heterocycles. The minimum atomic E-state index is -3.79. The Labute approximate surface area is 143 Å². The van der Waals surface area contributed by atoms with E-state index >= 15 is 0 Å². The lowest BCUT2D eigenvalue weighted by Crippen LogP contribution is -2.14. The molecule has 0 saturated heterocycles. The second-order valence-corrected chi connectivity index (χ2v) is 7.51. The minimum Gasteiger partial charge on any atom is -0.466 e. The number of benzene rings is 1. The highest BCUT2D eigenvalue weighted by Gasteiger charge is 2.20. The number of rotatable bonds is 6. The van der Waals surface area contributed by atoms with Crippen LogP contribution in [0.3, 0.4) is 0 Å². The summed E-state index contributed by atoms with van der Waals surface area (Å²) >= 11 is 7.06. The van der Waals surface area contributed by atoms with Crippen LogP contribution in [0.1, 0.15) is 18.2 Å². The molecule has 124 valence electrons. The van der Waals surface area contributed by atoms with Gasteiger partial charge < -0.3 is 4.74 Å². The molecule has 2 aromatic rings. The van der Waals surface area contributed by atoms with Crippen LogP contribution in [0.15, 0.2) is 28.5 Å². The van der Waals surface area contributed by atoms with Crippen molar-refractivity contribution in [2.45, 2.75) is 25.2 Å². The number of thiazole rings is 1. The second kappa shape index (κ2) is 7.29. The van der Waals surface area contributed by atoms with E-state index < -0.39 is 16.0 Å². The number of carbonyl (C=O) groups is 1. The Morgan fingerprint density at radius 3 is 2.87 bits per heavy atom. The summed E-state index contributed by atoms with van der Waals surface area (Å²) in [7, 11) is -3.79. The van der Waals surface area contributed by atoms with Crippen LogP contribution in [0.4, 0.5) is 5.13 Å². The van der Waals surface area contributed by atoms with Gasteiger partial charge in [0.05, 0.1) is 23.6 Å². The average molecular weight is 375 g/mol. The Hall–Kier alpha value is -1.64. The summed E-state index contributed by atoms with van der Waals surface area (Å²) < 4.78 is 32.1. The summed E-state index contributed by atoms with van der Waals surface area (Å²) in [5, 5.41) is 2.17. The molecular formula is C14H15ClN2O4S2. The van der Waals surface area contributed by atoms with Crippen LogP contribution >= 0.6 is 22.9 Å². The van der Waals surface area contributed by atoms with Crippen molar-refractivity contribution < 1.29 is 17.9 Å². The predicted octanol–water partition coefficient (Wildman–Crippen LogP) is 3.01. The third-order valence-electron chi connectivity index (χ3n) is 2.91. The molecule has 0 aliphatic carbocycles. The molecule has 23 heavy (non-hydrogen) atoms. The molecule has 1 aromatic heterocycles. The van der Waals surface area contributed by atoms with Crippen LogP contribution in [-0.4, -0.2) is 26.0 Å². The molecule has 0 amide bonds. The van der Waals surface area contributed by atoms with E-state index in [4.69, 9.17) is 16.3 Å². The van der Waals surface area contributed by atoms with Crippen LogP contribution in [0.25, 0.3) is 0 Å². The van der Waals surface area contributed by atoms with Gasteiger partial charge in [-0.05, 0) is 31.5 Å². The number of halogens is 1. The predicted molar refractivity (Wildman–Crippen MR) is 89.4 cm³/mol. The highest BCUT2D eigenvalue weighted by atomic mass is 35.5. The zero-order valence-corrected chi connectivity index (χ0v) is 14.9. The number of nitrogens with zero attached hydrogens (tertiary/aromatic N) is 1. The second-order valence-electron chi connectivity index (χ2n) is 4.59. The smallest absolute Gasteiger partial charge is 0.311 e. The van der Waals surface area contributed by atoms with E-state index in [0.29, 0.717) is 16.3 Å². The largest absolute Gasteiger partial charge is 0.466 e. The van der Waals surface area contributed by atoms with Gasteiger partial charge in [0.2, 0.25) is 0 Å². The standard InChI is InChI=1S/C14H15ClN2O4S2/c1-3-21-13(18)7-10-8-22-14(16-10)17-23(19,20)12-6-4-5-11(15)9(12)2/h4-6,8H,3,7H2,1-2H3,(H,16,17). The van der Waals surface area contributed by atoms with Gasteiger partial charge >= 0.3 is 5.97 Å². The SMILES string of the molecule is CCOC(=O)Cc1csc(NS(=O)(=O)c2cccc(Cl)c2C)n1. The molecule has 0 unspecified atom stereocenters. The third-order valence-corrected chi connectivity index (χ3v) is 5.74. The topological polar surface area (TPSA) is 85.4 Å². The van der Waals surface area contributed by atoms with Crippen molar-refractivity contribution in [1.82, 2.24) is 4.98 Å². The maximum atomic E-state index is 12.4. The fourth-order valence-corrected chi connectivity index (χ4v) is 4.31. The van der Waals surface area contributed by atoms with Gasteiger partial charge in [0.1, 0.15) is 0 Å². The fourth-order valence-electron chi connectivity index (χ4n) is 1.84. The normalized spacial score (nSPS) is 11.3. The molecule has 0 aliphatic heterocycles. The highest BCUT2D eigenvalue weighted by Crippen LogP contribution is 2.26. The van der Waals surface area contributed by atoms with Crippen LogP contribution in [0.5, 0.6) is 0 Å². The van der Waals surface area contributed by atoms with Crippen LogP contribution in [0.2, 0.25) is 5.02 Å². The summed E-state index contributed by atoms with van der Waals surface area (Å²) in [6.45, 7) is 3.63. The average Bonchev–Trinajstić information content (AvgIpc) is 2.88. The van der Waals surface area contributed by atoms with Gasteiger partial charge in [-0.15, -0.1) is 11.3 Å². The van der Waals surface area contributed by atoms with E-state index in [1.807, 2.05) is 0 Å². The van der Waals surface area contributed by atoms with Crippen molar-refractivity contribution in [2.24, 2.45) is 0 Å². The number of hydrogen-bond donors (Lipinski definition) is 1. The Morgan fingerprint density at radius 2 is 2.17 bits per heavy atom. The van der Waals surface area contributed by atoms with Crippen LogP contribution < -0.4 is 4.72 Å². The first-order valence-corrected chi connectivity index (χ1v) is 9.45. The molecule has 1 N–H and O–H groups in total. The van der Waals surface area contributed by atoms with E-state index in [9.17, 15) is 13.2 Å². The van der Waals surface area contributed by atoms with Crippen molar-refractivity contribution in [1.29, 1.82) is 0 Å². The zero-order valence-electron chi connectivity index (χ0n) is 12.5. The van der Waals surface area contributed by atoms with Crippen molar-refractivity contribution in [2.75, 3.05) is 11.3 Å². The summed E-state index contributed by atoms with van der Waals surface area (Å²) in [6.07, 6.45) is 0.00224. The number of ether oxygens (including phenoxy) is 1. The summed E-state index contributed by atoms with van der Waals surface area (Å²) in [5.41, 5.74) is 0.916. The van der Waals surface area contributed by atoms with Gasteiger partial charge in [-0.2, -0.15) is 0 Å². The quantitative estimate of drug-likeness (QED) is 0.785. The Balaban J connectivity index is 2.17. The van der Waals surface area contributed by atoms with Gasteiger partial charge in [0, 0.05) is 10.4 Å². The third kappa shape index (κ3) is 4.43. The van der Waals surface area contributed by atoms with E-state index in [-0.39, 0.29) is 23.1 Å². The molecule has 0 bridgehead atoms. The first kappa shape index (κ1) is 17.7. The van der Waals surface area contributed by atoms with Gasteiger partial charge in [-0.25, -0.2) is 13.4 Å². The number of sulfonamides is 1. The van der Waals surface area contributed by atoms with Crippen molar-refractivity contribution in [3.05, 3.63) is 39.9 Å². The maximum Gasteiger partial charge on any atom is 0.311 e. The first-order valence-electron chi connectivity index (χ1n) is 6.71. The molecule has 0 atom stereocenters. The monoisotopic (exact) mass is 374 g/mol. The van der Waals surface area contributed by atoms with E-state index in [1.54, 1.807) is 31.4 Å². The molecule has 0 aliphatic rings. The number of nitrogens with one attached hydrogen (secondary N) is 1. The van der Waals surface area contributed by atoms with E-state index in [1.165, 1.54) is 6.07 Å². The number of hydrogen-bond acceptors (Lipinski definition) is 6. The van der Waals surface area contributed by atoms with Crippen LogP contribution in [-0.2, 0) is 26.0 Å². The molecule has 6 nitrogen and oxygen atoms in total. The van der Waals surface area contributed by atoms with Gasteiger partial charge in [0.25, 0.3) is 10.0 Å². The van der Waals surface area contributed by atoms with Gasteiger partial charge in [-0.3, -0.25) is 9.52 Å². The Morgan fingerprint density at radius 1 is 1.43 bits per heavy atom. The highest BCUT2D eigenvalue weighted by molar-refractivity contribution is 7.93. The molecular weight excluding hydrogens is 360 g/mol. The van der Waals surface area contributed by atoms with Crippen LogP contribution in [0, 0.1) is 6.92 Å². The lowest BCUT2D eigenvalue weighted by Gasteiger charge is -2.09. The number of anilines is 1. The lowest BCUT2D eigenvalue weighted by molar-refractivity contribution is -0.142. The summed E-state index contributed by atoms with van der Waals surface area (Å²) in [5.74, 6) is -0.405. The van der Waals surface area contributed by atoms with Gasteiger partial charge in [-0.1, -0.05) is 17.7 Å². The fraction of sp³-hybridized carbons (Fsp3) is 0.286. The molecule has 0 spiro atoms. The van der Waals surface area contributed by atoms with Gasteiger partial charge in [0.15, 0.2) is 5.13 Å². The van der Waals surface area contributed by atoms with Crippen molar-refractivity contribution in [3.8, 4) is 0 Å². The Kier molecular flexibility index (Phi) is 5.61. The first-order chi connectivity index (χ1) is 10.8. The molecule has 1 aromatic carbocycles. The summed E-state index contributed by atoms with van der Waals surface area (Å²) in [4.78, 5) is 15.6. The Bertz CT molecular complexity index is 818. The number of esters is 1. The number of carbonyl (C=O) groups excluding carboxylic acids is 1. The minimum absolute atomic E-state index is 0.00224. The molecule has 0 radical (unpaired) electrons. The van der Waals surface area contributed by atoms with Crippen molar-refractivity contribution in [3.63, 3.8) is 0 Å². The maximum absolute atomic E-state index is 12.4. The molecule has 9 heteroatoms. The van der Waals surface area contributed by atoms with E-state index in [0.717, 1.165) is 11.3 Å².